The van der Waals surface area contributed by atoms with Gasteiger partial charge >= 0.3 is 0 Å². The van der Waals surface area contributed by atoms with Crippen LogP contribution in [0.2, 0.25) is 0 Å². The zero-order chi connectivity index (χ0) is 10.5. The first kappa shape index (κ1) is 10.2. The number of rotatable bonds is 4. The lowest BCUT2D eigenvalue weighted by molar-refractivity contribution is 0.518. The van der Waals surface area contributed by atoms with Crippen molar-refractivity contribution in [3.63, 3.8) is 0 Å². The molecule has 1 fully saturated rings. The van der Waals surface area contributed by atoms with Crippen LogP contribution < -0.4 is 11.1 Å². The number of hydrogen-bond acceptors (Lipinski definition) is 4. The Bertz CT molecular complexity index is 307. The predicted octanol–water partition coefficient (Wildman–Crippen LogP) is 2.05. The first-order chi connectivity index (χ1) is 7.34. The van der Waals surface area contributed by atoms with E-state index in [0.717, 1.165) is 18.3 Å². The third-order valence-electron chi connectivity index (χ3n) is 3.02. The number of nitrogens with one attached hydrogen (secondary N) is 1. The van der Waals surface area contributed by atoms with Crippen molar-refractivity contribution in [3.05, 3.63) is 12.4 Å². The fourth-order valence-corrected chi connectivity index (χ4v) is 2.17. The van der Waals surface area contributed by atoms with E-state index in [9.17, 15) is 0 Å². The van der Waals surface area contributed by atoms with Gasteiger partial charge in [0.15, 0.2) is 0 Å². The second-order valence-corrected chi connectivity index (χ2v) is 4.19. The number of hydrogen-bond donors (Lipinski definition) is 2. The number of nitrogens with zero attached hydrogens (tertiary/aromatic N) is 2. The van der Waals surface area contributed by atoms with E-state index in [0.29, 0.717) is 5.82 Å². The van der Waals surface area contributed by atoms with E-state index >= 15 is 0 Å². The predicted molar refractivity (Wildman–Crippen MR) is 61.5 cm³/mol. The molecule has 1 aliphatic carbocycles. The van der Waals surface area contributed by atoms with Crippen molar-refractivity contribution in [2.24, 2.45) is 5.92 Å². The molecule has 3 N–H and O–H groups in total. The van der Waals surface area contributed by atoms with E-state index in [1.165, 1.54) is 38.4 Å². The highest BCUT2D eigenvalue weighted by atomic mass is 15.0. The summed E-state index contributed by atoms with van der Waals surface area (Å²) in [5.74, 6) is 2.27. The molecule has 2 rings (SSSR count). The summed E-state index contributed by atoms with van der Waals surface area (Å²) in [7, 11) is 0. The van der Waals surface area contributed by atoms with Gasteiger partial charge in [-0.2, -0.15) is 0 Å². The average Bonchev–Trinajstić information content (AvgIpc) is 2.71. The molecule has 1 heterocycles. The molecule has 0 aromatic carbocycles. The lowest BCUT2D eigenvalue weighted by atomic mass is 10.0. The van der Waals surface area contributed by atoms with Crippen molar-refractivity contribution in [1.82, 2.24) is 9.97 Å². The molecule has 1 aromatic rings. The minimum Gasteiger partial charge on any atom is -0.384 e. The summed E-state index contributed by atoms with van der Waals surface area (Å²) in [6.07, 6.45) is 8.34. The minimum atomic E-state index is 0.522. The minimum absolute atomic E-state index is 0.522. The summed E-state index contributed by atoms with van der Waals surface area (Å²) < 4.78 is 0. The van der Waals surface area contributed by atoms with Crippen molar-refractivity contribution in [1.29, 1.82) is 0 Å². The van der Waals surface area contributed by atoms with E-state index in [-0.39, 0.29) is 0 Å². The molecule has 82 valence electrons. The number of aromatic nitrogens is 2. The van der Waals surface area contributed by atoms with Crippen molar-refractivity contribution in [2.75, 3.05) is 17.6 Å². The topological polar surface area (TPSA) is 63.8 Å². The van der Waals surface area contributed by atoms with Gasteiger partial charge < -0.3 is 11.1 Å². The molecule has 1 saturated carbocycles. The van der Waals surface area contributed by atoms with Crippen LogP contribution in [0.4, 0.5) is 11.6 Å². The van der Waals surface area contributed by atoms with E-state index < -0.39 is 0 Å². The van der Waals surface area contributed by atoms with Gasteiger partial charge in [0.05, 0.1) is 0 Å². The van der Waals surface area contributed by atoms with Gasteiger partial charge in [-0.15, -0.1) is 0 Å². The Labute approximate surface area is 90.3 Å². The smallest absolute Gasteiger partial charge is 0.131 e. The Morgan fingerprint density at radius 2 is 2.13 bits per heavy atom. The molecule has 0 unspecified atom stereocenters. The zero-order valence-corrected chi connectivity index (χ0v) is 8.95. The third-order valence-corrected chi connectivity index (χ3v) is 3.02. The molecule has 0 radical (unpaired) electrons. The zero-order valence-electron chi connectivity index (χ0n) is 8.95. The molecule has 0 atom stereocenters. The van der Waals surface area contributed by atoms with E-state index in [1.807, 2.05) is 0 Å². The largest absolute Gasteiger partial charge is 0.384 e. The number of nitrogens with two attached hydrogens (primary N) is 1. The average molecular weight is 206 g/mol. The van der Waals surface area contributed by atoms with Crippen LogP contribution in [0.5, 0.6) is 0 Å². The normalized spacial score (nSPS) is 16.8. The number of anilines is 2. The molecule has 0 bridgehead atoms. The Kier molecular flexibility index (Phi) is 3.37. The molecule has 0 spiro atoms. The first-order valence-electron chi connectivity index (χ1n) is 5.66. The first-order valence-corrected chi connectivity index (χ1v) is 5.66. The lowest BCUT2D eigenvalue weighted by Gasteiger charge is -2.09. The Morgan fingerprint density at radius 1 is 1.33 bits per heavy atom. The van der Waals surface area contributed by atoms with Gasteiger partial charge in [0.2, 0.25) is 0 Å². The molecule has 15 heavy (non-hydrogen) atoms. The fourth-order valence-electron chi connectivity index (χ4n) is 2.17. The number of nitrogen functional groups attached to an aromatic ring is 1. The Morgan fingerprint density at radius 3 is 2.87 bits per heavy atom. The highest BCUT2D eigenvalue weighted by Crippen LogP contribution is 2.27. The van der Waals surface area contributed by atoms with Gasteiger partial charge in [-0.05, 0) is 12.3 Å². The summed E-state index contributed by atoms with van der Waals surface area (Å²) in [6.45, 7) is 0.987. The quantitative estimate of drug-likeness (QED) is 0.791. The standard InChI is InChI=1S/C11H18N4/c12-10-7-11(15-8-14-10)13-6-5-9-3-1-2-4-9/h7-9H,1-6H2,(H3,12,13,14,15). The van der Waals surface area contributed by atoms with Crippen LogP contribution in [0.15, 0.2) is 12.4 Å². The molecular formula is C11H18N4. The third kappa shape index (κ3) is 3.08. The van der Waals surface area contributed by atoms with Crippen LogP contribution >= 0.6 is 0 Å². The van der Waals surface area contributed by atoms with Gasteiger partial charge in [-0.1, -0.05) is 25.7 Å². The molecule has 0 amide bonds. The second kappa shape index (κ2) is 4.96. The second-order valence-electron chi connectivity index (χ2n) is 4.19. The van der Waals surface area contributed by atoms with Gasteiger partial charge in [-0.3, -0.25) is 0 Å². The van der Waals surface area contributed by atoms with Crippen LogP contribution in [-0.4, -0.2) is 16.5 Å². The van der Waals surface area contributed by atoms with E-state index in [4.69, 9.17) is 5.73 Å². The van der Waals surface area contributed by atoms with Crippen LogP contribution in [0, 0.1) is 5.92 Å². The van der Waals surface area contributed by atoms with Crippen molar-refractivity contribution < 1.29 is 0 Å². The lowest BCUT2D eigenvalue weighted by Crippen LogP contribution is -2.08. The van der Waals surface area contributed by atoms with Gasteiger partial charge in [0.25, 0.3) is 0 Å². The molecule has 0 aliphatic heterocycles. The van der Waals surface area contributed by atoms with Crippen molar-refractivity contribution >= 4 is 11.6 Å². The molecule has 4 nitrogen and oxygen atoms in total. The van der Waals surface area contributed by atoms with E-state index in [2.05, 4.69) is 15.3 Å². The molecule has 1 aromatic heterocycles. The maximum absolute atomic E-state index is 5.56. The summed E-state index contributed by atoms with van der Waals surface area (Å²) in [4.78, 5) is 7.95. The van der Waals surface area contributed by atoms with Crippen molar-refractivity contribution in [2.45, 2.75) is 32.1 Å². The van der Waals surface area contributed by atoms with Gasteiger partial charge in [0, 0.05) is 12.6 Å². The van der Waals surface area contributed by atoms with Crippen LogP contribution in [0.25, 0.3) is 0 Å². The Hall–Kier alpha value is -1.32. The van der Waals surface area contributed by atoms with Crippen molar-refractivity contribution in [3.8, 4) is 0 Å². The van der Waals surface area contributed by atoms with Crippen LogP contribution in [0.1, 0.15) is 32.1 Å². The summed E-state index contributed by atoms with van der Waals surface area (Å²) in [6, 6.07) is 1.77. The van der Waals surface area contributed by atoms with Crippen LogP contribution in [-0.2, 0) is 0 Å². The van der Waals surface area contributed by atoms with Gasteiger partial charge in [-0.25, -0.2) is 9.97 Å². The molecule has 4 heteroatoms. The summed E-state index contributed by atoms with van der Waals surface area (Å²) in [5, 5.41) is 3.28. The highest BCUT2D eigenvalue weighted by Gasteiger charge is 2.13. The highest BCUT2D eigenvalue weighted by molar-refractivity contribution is 5.43. The summed E-state index contributed by atoms with van der Waals surface area (Å²) in [5.41, 5.74) is 5.56. The molecule has 0 saturated heterocycles. The van der Waals surface area contributed by atoms with Gasteiger partial charge in [0.1, 0.15) is 18.0 Å². The maximum atomic E-state index is 5.56. The summed E-state index contributed by atoms with van der Waals surface area (Å²) >= 11 is 0. The monoisotopic (exact) mass is 206 g/mol. The van der Waals surface area contributed by atoms with E-state index in [1.54, 1.807) is 6.07 Å². The molecule has 1 aliphatic rings. The Balaban J connectivity index is 1.73. The SMILES string of the molecule is Nc1cc(NCCC2CCCC2)ncn1. The fraction of sp³-hybridized carbons (Fsp3) is 0.636. The maximum Gasteiger partial charge on any atom is 0.131 e. The molecular weight excluding hydrogens is 188 g/mol. The van der Waals surface area contributed by atoms with Crippen LogP contribution in [0.3, 0.4) is 0 Å².